The lowest BCUT2D eigenvalue weighted by molar-refractivity contribution is 0.0693. The standard InChI is InChI=1S/C25H26O6S/c1-25(2,19-11-14-23(26)22(17-19)24(27)28)18-9-12-20(13-10-18)31-15-6-16-32(29,30)21-7-4-3-5-8-21/h3-5,7-14,17,26H,6,15-16H2,1-2H3,(H,27,28). The third-order valence-electron chi connectivity index (χ3n) is 5.45. The number of hydrogen-bond donors (Lipinski definition) is 2. The van der Waals surface area contributed by atoms with Crippen molar-refractivity contribution < 1.29 is 28.2 Å². The van der Waals surface area contributed by atoms with Crippen molar-refractivity contribution in [3.05, 3.63) is 89.5 Å². The van der Waals surface area contributed by atoms with Gasteiger partial charge in [-0.3, -0.25) is 0 Å². The van der Waals surface area contributed by atoms with Crippen molar-refractivity contribution in [3.8, 4) is 11.5 Å². The summed E-state index contributed by atoms with van der Waals surface area (Å²) in [7, 11) is -3.32. The topological polar surface area (TPSA) is 101 Å². The Bertz CT molecular complexity index is 1180. The molecule has 3 aromatic rings. The van der Waals surface area contributed by atoms with Gasteiger partial charge in [0.25, 0.3) is 0 Å². The fourth-order valence-corrected chi connectivity index (χ4v) is 4.72. The number of rotatable bonds is 9. The smallest absolute Gasteiger partial charge is 0.339 e. The number of benzene rings is 3. The van der Waals surface area contributed by atoms with E-state index in [1.807, 2.05) is 26.0 Å². The summed E-state index contributed by atoms with van der Waals surface area (Å²) in [4.78, 5) is 11.6. The average molecular weight is 455 g/mol. The van der Waals surface area contributed by atoms with E-state index in [1.54, 1.807) is 48.5 Å². The maximum absolute atomic E-state index is 12.3. The van der Waals surface area contributed by atoms with E-state index in [2.05, 4.69) is 0 Å². The van der Waals surface area contributed by atoms with Gasteiger partial charge in [0.05, 0.1) is 17.3 Å². The van der Waals surface area contributed by atoms with Gasteiger partial charge in [-0.25, -0.2) is 13.2 Å². The van der Waals surface area contributed by atoms with Crippen LogP contribution in [-0.4, -0.2) is 37.0 Å². The summed E-state index contributed by atoms with van der Waals surface area (Å²) in [6, 6.07) is 20.3. The van der Waals surface area contributed by atoms with Crippen LogP contribution in [0.4, 0.5) is 0 Å². The molecule has 0 fully saturated rings. The summed E-state index contributed by atoms with van der Waals surface area (Å²) in [6.45, 7) is 4.21. The molecular weight excluding hydrogens is 428 g/mol. The zero-order chi connectivity index (χ0) is 23.4. The van der Waals surface area contributed by atoms with Crippen LogP contribution < -0.4 is 4.74 Å². The molecule has 168 valence electrons. The van der Waals surface area contributed by atoms with Gasteiger partial charge in [-0.2, -0.15) is 0 Å². The molecule has 0 aliphatic carbocycles. The monoisotopic (exact) mass is 454 g/mol. The van der Waals surface area contributed by atoms with Gasteiger partial charge in [0.2, 0.25) is 0 Å². The van der Waals surface area contributed by atoms with Gasteiger partial charge in [0.1, 0.15) is 17.1 Å². The van der Waals surface area contributed by atoms with Crippen molar-refractivity contribution in [2.24, 2.45) is 0 Å². The summed E-state index contributed by atoms with van der Waals surface area (Å²) in [5, 5.41) is 19.0. The Hall–Kier alpha value is -3.32. The zero-order valence-electron chi connectivity index (χ0n) is 18.0. The first-order valence-electron chi connectivity index (χ1n) is 10.2. The number of phenols is 1. The van der Waals surface area contributed by atoms with Gasteiger partial charge >= 0.3 is 5.97 Å². The van der Waals surface area contributed by atoms with Crippen LogP contribution in [0.25, 0.3) is 0 Å². The number of carboxylic acid groups (broad SMARTS) is 1. The molecule has 0 aromatic heterocycles. The van der Waals surface area contributed by atoms with E-state index in [0.29, 0.717) is 17.1 Å². The summed E-state index contributed by atoms with van der Waals surface area (Å²) < 4.78 is 30.3. The van der Waals surface area contributed by atoms with Crippen molar-refractivity contribution in [2.75, 3.05) is 12.4 Å². The Balaban J connectivity index is 1.62. The van der Waals surface area contributed by atoms with Crippen molar-refractivity contribution >= 4 is 15.8 Å². The second kappa shape index (κ2) is 9.44. The first-order chi connectivity index (χ1) is 15.1. The average Bonchev–Trinajstić information content (AvgIpc) is 2.77. The van der Waals surface area contributed by atoms with Crippen molar-refractivity contribution in [1.29, 1.82) is 0 Å². The minimum absolute atomic E-state index is 0.00882. The van der Waals surface area contributed by atoms with Crippen molar-refractivity contribution in [2.45, 2.75) is 30.6 Å². The molecule has 0 heterocycles. The molecule has 0 bridgehead atoms. The van der Waals surface area contributed by atoms with Crippen LogP contribution >= 0.6 is 0 Å². The highest BCUT2D eigenvalue weighted by Gasteiger charge is 2.25. The predicted molar refractivity (Wildman–Crippen MR) is 122 cm³/mol. The molecule has 2 N–H and O–H groups in total. The minimum Gasteiger partial charge on any atom is -0.507 e. The Morgan fingerprint density at radius 2 is 1.56 bits per heavy atom. The molecule has 0 atom stereocenters. The molecule has 0 saturated carbocycles. The Kier molecular flexibility index (Phi) is 6.89. The van der Waals surface area contributed by atoms with Crippen molar-refractivity contribution in [1.82, 2.24) is 0 Å². The minimum atomic E-state index is -3.32. The number of aromatic hydroxyl groups is 1. The molecule has 0 aliphatic heterocycles. The van der Waals surface area contributed by atoms with E-state index in [0.717, 1.165) is 11.1 Å². The summed E-state index contributed by atoms with van der Waals surface area (Å²) in [6.07, 6.45) is 0.371. The van der Waals surface area contributed by atoms with Gasteiger partial charge in [-0.1, -0.05) is 50.2 Å². The van der Waals surface area contributed by atoms with Gasteiger partial charge in [0.15, 0.2) is 9.84 Å². The zero-order valence-corrected chi connectivity index (χ0v) is 18.8. The fraction of sp³-hybridized carbons (Fsp3) is 0.240. The maximum Gasteiger partial charge on any atom is 0.339 e. The largest absolute Gasteiger partial charge is 0.507 e. The maximum atomic E-state index is 12.3. The molecule has 3 aromatic carbocycles. The number of sulfone groups is 1. The molecule has 0 aliphatic rings. The Morgan fingerprint density at radius 3 is 2.19 bits per heavy atom. The lowest BCUT2D eigenvalue weighted by Gasteiger charge is -2.27. The van der Waals surface area contributed by atoms with Crippen molar-refractivity contribution in [3.63, 3.8) is 0 Å². The Morgan fingerprint density at radius 1 is 0.938 bits per heavy atom. The molecular formula is C25H26O6S. The Labute approximate surface area is 188 Å². The van der Waals surface area contributed by atoms with Crippen LogP contribution in [0, 0.1) is 0 Å². The van der Waals surface area contributed by atoms with Crippen LogP contribution in [0.15, 0.2) is 77.7 Å². The number of aromatic carboxylic acids is 1. The van der Waals surface area contributed by atoms with Gasteiger partial charge in [-0.05, 0) is 53.9 Å². The van der Waals surface area contributed by atoms with E-state index >= 15 is 0 Å². The van der Waals surface area contributed by atoms with E-state index in [4.69, 9.17) is 4.74 Å². The SMILES string of the molecule is CC(C)(c1ccc(OCCCS(=O)(=O)c2ccccc2)cc1)c1ccc(O)c(C(=O)O)c1. The van der Waals surface area contributed by atoms with Crippen LogP contribution in [0.5, 0.6) is 11.5 Å². The van der Waals surface area contributed by atoms with E-state index in [-0.39, 0.29) is 23.7 Å². The van der Waals surface area contributed by atoms with Gasteiger partial charge < -0.3 is 14.9 Å². The lowest BCUT2D eigenvalue weighted by Crippen LogP contribution is -2.19. The lowest BCUT2D eigenvalue weighted by atomic mass is 9.77. The summed E-state index contributed by atoms with van der Waals surface area (Å²) >= 11 is 0. The molecule has 0 amide bonds. The van der Waals surface area contributed by atoms with Crippen LogP contribution in [0.3, 0.4) is 0 Å². The van der Waals surface area contributed by atoms with Crippen LogP contribution in [0.2, 0.25) is 0 Å². The summed E-state index contributed by atoms with van der Waals surface area (Å²) in [5.74, 6) is -0.818. The number of carboxylic acids is 1. The number of carbonyl (C=O) groups is 1. The van der Waals surface area contributed by atoms with Crippen LogP contribution in [-0.2, 0) is 15.3 Å². The third-order valence-corrected chi connectivity index (χ3v) is 7.27. The molecule has 32 heavy (non-hydrogen) atoms. The second-order valence-electron chi connectivity index (χ2n) is 8.02. The van der Waals surface area contributed by atoms with E-state index in [9.17, 15) is 23.4 Å². The predicted octanol–water partition coefficient (Wildman–Crippen LogP) is 4.66. The molecule has 0 saturated heterocycles. The second-order valence-corrected chi connectivity index (χ2v) is 10.1. The number of ether oxygens (including phenoxy) is 1. The highest BCUT2D eigenvalue weighted by molar-refractivity contribution is 7.91. The van der Waals surface area contributed by atoms with Gasteiger partial charge in [0, 0.05) is 5.41 Å². The molecule has 6 nitrogen and oxygen atoms in total. The highest BCUT2D eigenvalue weighted by Crippen LogP contribution is 2.34. The molecule has 0 radical (unpaired) electrons. The summed E-state index contributed by atoms with van der Waals surface area (Å²) in [5.41, 5.74) is 1.06. The quantitative estimate of drug-likeness (QED) is 0.456. The molecule has 0 spiro atoms. The highest BCUT2D eigenvalue weighted by atomic mass is 32.2. The third kappa shape index (κ3) is 5.29. The molecule has 7 heteroatoms. The van der Waals surface area contributed by atoms with E-state index in [1.165, 1.54) is 12.1 Å². The van der Waals surface area contributed by atoms with Gasteiger partial charge in [-0.15, -0.1) is 0 Å². The van der Waals surface area contributed by atoms with E-state index < -0.39 is 21.2 Å². The van der Waals surface area contributed by atoms with Crippen LogP contribution in [0.1, 0.15) is 41.8 Å². The normalized spacial score (nSPS) is 11.8. The number of hydrogen-bond acceptors (Lipinski definition) is 5. The first kappa shape index (κ1) is 23.3. The fourth-order valence-electron chi connectivity index (χ4n) is 3.42. The molecule has 3 rings (SSSR count). The first-order valence-corrected chi connectivity index (χ1v) is 11.8. The molecule has 0 unspecified atom stereocenters.